The average Bonchev–Trinajstić information content (AvgIpc) is 3.04. The molecule has 7 nitrogen and oxygen atoms in total. The third-order valence-electron chi connectivity index (χ3n) is 3.26. The van der Waals surface area contributed by atoms with Gasteiger partial charge in [-0.25, -0.2) is 4.98 Å². The fourth-order valence-electron chi connectivity index (χ4n) is 2.31. The number of fused-ring (bicyclic) bond motifs is 3. The van der Waals surface area contributed by atoms with E-state index >= 15 is 0 Å². The summed E-state index contributed by atoms with van der Waals surface area (Å²) in [6.45, 7) is 0. The fraction of sp³-hybridized carbons (Fsp3) is 0.0769. The quantitative estimate of drug-likeness (QED) is 0.525. The molecule has 0 radical (unpaired) electrons. The molecule has 0 aliphatic heterocycles. The maximum Gasteiger partial charge on any atom is 0.370 e. The van der Waals surface area contributed by atoms with Crippen molar-refractivity contribution in [2.45, 2.75) is 0 Å². The second kappa shape index (κ2) is 3.77. The zero-order chi connectivity index (χ0) is 13.7. The van der Waals surface area contributed by atoms with E-state index in [4.69, 9.17) is 0 Å². The van der Waals surface area contributed by atoms with E-state index in [0.29, 0.717) is 22.6 Å². The SMILES string of the molecule is Cn1[nH]cc2n1c1nc(-c3ccccc3)nc1c[n+]2=O. The molecule has 0 unspecified atom stereocenters. The summed E-state index contributed by atoms with van der Waals surface area (Å²) >= 11 is 0. The molecule has 20 heavy (non-hydrogen) atoms. The molecule has 0 fully saturated rings. The highest BCUT2D eigenvalue weighted by Gasteiger charge is 2.20. The van der Waals surface area contributed by atoms with Gasteiger partial charge in [0.1, 0.15) is 6.20 Å². The third kappa shape index (κ3) is 1.40. The lowest BCUT2D eigenvalue weighted by Crippen LogP contribution is -2.18. The number of aromatic nitrogens is 6. The van der Waals surface area contributed by atoms with E-state index in [1.165, 1.54) is 6.20 Å². The summed E-state index contributed by atoms with van der Waals surface area (Å²) in [6.07, 6.45) is 3.07. The van der Waals surface area contributed by atoms with Gasteiger partial charge in [0.25, 0.3) is 5.65 Å². The first-order valence-electron chi connectivity index (χ1n) is 6.15. The molecule has 0 bridgehead atoms. The van der Waals surface area contributed by atoms with E-state index in [-0.39, 0.29) is 0 Å². The predicted molar refractivity (Wildman–Crippen MR) is 72.6 cm³/mol. The van der Waals surface area contributed by atoms with Crippen LogP contribution in [-0.2, 0) is 7.05 Å². The van der Waals surface area contributed by atoms with Gasteiger partial charge in [-0.3, -0.25) is 5.10 Å². The second-order valence-corrected chi connectivity index (χ2v) is 4.54. The summed E-state index contributed by atoms with van der Waals surface area (Å²) in [5.74, 6) is 0.613. The maximum absolute atomic E-state index is 11.9. The van der Waals surface area contributed by atoms with E-state index in [1.807, 2.05) is 37.4 Å². The van der Waals surface area contributed by atoms with Crippen LogP contribution >= 0.6 is 0 Å². The van der Waals surface area contributed by atoms with Gasteiger partial charge in [0.15, 0.2) is 17.5 Å². The van der Waals surface area contributed by atoms with Crippen molar-refractivity contribution in [2.24, 2.45) is 7.05 Å². The molecule has 0 saturated heterocycles. The van der Waals surface area contributed by atoms with Crippen LogP contribution < -0.4 is 4.43 Å². The Morgan fingerprint density at radius 3 is 2.80 bits per heavy atom. The summed E-state index contributed by atoms with van der Waals surface area (Å²) < 4.78 is 2.48. The van der Waals surface area contributed by atoms with Crippen molar-refractivity contribution in [1.29, 1.82) is 0 Å². The molecule has 1 N–H and O–H groups in total. The van der Waals surface area contributed by atoms with Crippen LogP contribution in [0, 0.1) is 4.91 Å². The number of benzene rings is 1. The minimum atomic E-state index is 0.472. The Kier molecular flexibility index (Phi) is 2.06. The predicted octanol–water partition coefficient (Wildman–Crippen LogP) is 1.13. The van der Waals surface area contributed by atoms with Gasteiger partial charge in [-0.15, -0.1) is 0 Å². The Labute approximate surface area is 112 Å². The Hall–Kier alpha value is -2.96. The smallest absolute Gasteiger partial charge is 0.267 e. The number of rotatable bonds is 1. The largest absolute Gasteiger partial charge is 0.370 e. The molecule has 4 rings (SSSR count). The number of imidazole rings is 1. The molecule has 0 saturated carbocycles. The van der Waals surface area contributed by atoms with Crippen LogP contribution in [0.15, 0.2) is 42.7 Å². The molecule has 3 aromatic heterocycles. The van der Waals surface area contributed by atoms with Crippen LogP contribution in [0.2, 0.25) is 0 Å². The second-order valence-electron chi connectivity index (χ2n) is 4.54. The van der Waals surface area contributed by atoms with Gasteiger partial charge in [-0.2, -0.15) is 9.78 Å². The van der Waals surface area contributed by atoms with Crippen LogP contribution in [0.5, 0.6) is 0 Å². The molecule has 0 aliphatic carbocycles. The summed E-state index contributed by atoms with van der Waals surface area (Å²) in [5, 5.41) is 2.95. The number of aromatic amines is 1. The van der Waals surface area contributed by atoms with Crippen LogP contribution in [0.3, 0.4) is 0 Å². The Bertz CT molecular complexity index is 979. The van der Waals surface area contributed by atoms with E-state index in [9.17, 15) is 4.91 Å². The molecule has 1 aromatic carbocycles. The van der Waals surface area contributed by atoms with E-state index in [2.05, 4.69) is 15.1 Å². The van der Waals surface area contributed by atoms with Crippen molar-refractivity contribution in [1.82, 2.24) is 24.4 Å². The standard InChI is InChI=1S/C13H11N6O/c1-17-14-7-11-18(20)8-10-13(19(11)17)16-12(15-10)9-5-3-2-4-6-9/h2-8,14H,1H3/q+1. The van der Waals surface area contributed by atoms with Gasteiger partial charge in [-0.05, 0) is 0 Å². The van der Waals surface area contributed by atoms with Crippen LogP contribution in [0.1, 0.15) is 0 Å². The summed E-state index contributed by atoms with van der Waals surface area (Å²) in [7, 11) is 1.81. The van der Waals surface area contributed by atoms with Gasteiger partial charge in [-0.1, -0.05) is 39.8 Å². The van der Waals surface area contributed by atoms with E-state index in [1.54, 1.807) is 15.5 Å². The normalized spacial score (nSPS) is 11.4. The molecule has 0 spiro atoms. The monoisotopic (exact) mass is 267 g/mol. The zero-order valence-electron chi connectivity index (χ0n) is 10.7. The number of H-pyrrole nitrogens is 1. The van der Waals surface area contributed by atoms with E-state index < -0.39 is 0 Å². The van der Waals surface area contributed by atoms with Crippen molar-refractivity contribution in [3.63, 3.8) is 0 Å². The first-order chi connectivity index (χ1) is 9.74. The number of hydrogen-bond donors (Lipinski definition) is 1. The van der Waals surface area contributed by atoms with Crippen molar-refractivity contribution in [3.05, 3.63) is 47.6 Å². The van der Waals surface area contributed by atoms with Gasteiger partial charge in [0, 0.05) is 9.99 Å². The van der Waals surface area contributed by atoms with Crippen molar-refractivity contribution in [2.75, 3.05) is 0 Å². The highest BCUT2D eigenvalue weighted by atomic mass is 16.3. The fourth-order valence-corrected chi connectivity index (χ4v) is 2.31. The Balaban J connectivity index is 2.12. The molecule has 0 amide bonds. The number of aryl methyl sites for hydroxylation is 1. The highest BCUT2D eigenvalue weighted by Crippen LogP contribution is 2.19. The summed E-state index contributed by atoms with van der Waals surface area (Å²) in [6, 6.07) is 9.69. The lowest BCUT2D eigenvalue weighted by molar-refractivity contribution is -0.466. The molecule has 3 heterocycles. The first-order valence-corrected chi connectivity index (χ1v) is 6.15. The molecule has 0 aliphatic rings. The molecular weight excluding hydrogens is 256 g/mol. The van der Waals surface area contributed by atoms with Gasteiger partial charge in [0.2, 0.25) is 0 Å². The number of hydrogen-bond acceptors (Lipinski definition) is 3. The Morgan fingerprint density at radius 2 is 2.00 bits per heavy atom. The van der Waals surface area contributed by atoms with Crippen molar-refractivity contribution < 1.29 is 4.43 Å². The number of nitrogens with zero attached hydrogens (tertiary/aromatic N) is 5. The van der Waals surface area contributed by atoms with Crippen LogP contribution in [0.4, 0.5) is 0 Å². The lowest BCUT2D eigenvalue weighted by atomic mass is 10.2. The van der Waals surface area contributed by atoms with Crippen LogP contribution in [-0.4, -0.2) is 24.4 Å². The minimum absolute atomic E-state index is 0.472. The molecule has 4 aromatic rings. The zero-order valence-corrected chi connectivity index (χ0v) is 10.7. The minimum Gasteiger partial charge on any atom is -0.267 e. The van der Waals surface area contributed by atoms with Gasteiger partial charge in [0.05, 0.1) is 7.05 Å². The van der Waals surface area contributed by atoms with Crippen LogP contribution in [0.25, 0.3) is 28.2 Å². The van der Waals surface area contributed by atoms with E-state index in [0.717, 1.165) is 9.99 Å². The molecular formula is C13H11N6O+. The van der Waals surface area contributed by atoms with Gasteiger partial charge < -0.3 is 0 Å². The summed E-state index contributed by atoms with van der Waals surface area (Å²) in [5.41, 5.74) is 2.61. The molecule has 0 atom stereocenters. The number of nitrogens with one attached hydrogen (secondary N) is 1. The van der Waals surface area contributed by atoms with Gasteiger partial charge >= 0.3 is 5.65 Å². The topological polar surface area (TPSA) is 73.9 Å². The first kappa shape index (κ1) is 10.9. The molecule has 7 heteroatoms. The van der Waals surface area contributed by atoms with Crippen molar-refractivity contribution in [3.8, 4) is 11.4 Å². The average molecular weight is 267 g/mol. The lowest BCUT2D eigenvalue weighted by Gasteiger charge is -1.91. The summed E-state index contributed by atoms with van der Waals surface area (Å²) in [4.78, 5) is 22.6. The maximum atomic E-state index is 11.9. The highest BCUT2D eigenvalue weighted by molar-refractivity contribution is 5.76. The third-order valence-corrected chi connectivity index (χ3v) is 3.26. The van der Waals surface area contributed by atoms with Crippen molar-refractivity contribution >= 4 is 16.8 Å². The molecule has 98 valence electrons. The Morgan fingerprint density at radius 1 is 1.20 bits per heavy atom.